The molecule has 2 heterocycles. The number of anilines is 1. The zero-order valence-electron chi connectivity index (χ0n) is 19.2. The minimum atomic E-state index is -0.738. The second-order valence-electron chi connectivity index (χ2n) is 8.43. The molecule has 4 rings (SSSR count). The molecule has 0 saturated heterocycles. The smallest absolute Gasteiger partial charge is 0.350 e. The normalized spacial score (nSPS) is 14.4. The van der Waals surface area contributed by atoms with Crippen molar-refractivity contribution in [1.82, 2.24) is 24.1 Å². The lowest BCUT2D eigenvalue weighted by molar-refractivity contribution is 0.101. The Hall–Kier alpha value is -3.43. The van der Waals surface area contributed by atoms with Crippen LogP contribution in [0.4, 0.5) is 10.2 Å². The molecule has 9 nitrogen and oxygen atoms in total. The third-order valence-corrected chi connectivity index (χ3v) is 6.17. The second kappa shape index (κ2) is 9.60. The molecule has 2 aromatic heterocycles. The maximum atomic E-state index is 15.2. The Morgan fingerprint density at radius 2 is 2.00 bits per heavy atom. The summed E-state index contributed by atoms with van der Waals surface area (Å²) in [6.45, 7) is 2.29. The number of carbonyl (C=O) groups is 1. The van der Waals surface area contributed by atoms with Gasteiger partial charge in [0.05, 0.1) is 18.4 Å². The minimum Gasteiger partial charge on any atom is -0.492 e. The summed E-state index contributed by atoms with van der Waals surface area (Å²) in [5.41, 5.74) is -0.463. The summed E-state index contributed by atoms with van der Waals surface area (Å²) in [5.74, 6) is 0.332. The van der Waals surface area contributed by atoms with Crippen molar-refractivity contribution in [2.45, 2.75) is 45.4 Å². The number of carbonyl (C=O) groups excluding carboxylic acids is 1. The molecule has 3 aromatic rings. The highest BCUT2D eigenvalue weighted by Crippen LogP contribution is 2.29. The van der Waals surface area contributed by atoms with Crippen LogP contribution in [0.3, 0.4) is 0 Å². The van der Waals surface area contributed by atoms with E-state index in [1.54, 1.807) is 26.4 Å². The number of hydrogen-bond acceptors (Lipinski definition) is 5. The number of aromatic nitrogens is 5. The Bertz CT molecular complexity index is 1210. The van der Waals surface area contributed by atoms with E-state index in [9.17, 15) is 9.59 Å². The maximum absolute atomic E-state index is 15.2. The Morgan fingerprint density at radius 1 is 1.24 bits per heavy atom. The largest absolute Gasteiger partial charge is 0.492 e. The highest BCUT2D eigenvalue weighted by molar-refractivity contribution is 6.06. The van der Waals surface area contributed by atoms with E-state index in [0.29, 0.717) is 30.6 Å². The summed E-state index contributed by atoms with van der Waals surface area (Å²) in [5, 5.41) is 11.0. The molecule has 1 saturated carbocycles. The molecule has 0 radical (unpaired) electrons. The van der Waals surface area contributed by atoms with Crippen molar-refractivity contribution in [1.29, 1.82) is 0 Å². The molecule has 1 N–H and O–H groups in total. The zero-order valence-corrected chi connectivity index (χ0v) is 19.2. The van der Waals surface area contributed by atoms with Crippen LogP contribution in [-0.2, 0) is 20.5 Å². The lowest BCUT2D eigenvalue weighted by Gasteiger charge is -2.22. The van der Waals surface area contributed by atoms with Crippen molar-refractivity contribution in [2.24, 2.45) is 20.0 Å². The first-order valence-corrected chi connectivity index (χ1v) is 11.3. The van der Waals surface area contributed by atoms with Gasteiger partial charge in [0.25, 0.3) is 5.91 Å². The predicted molar refractivity (Wildman–Crippen MR) is 121 cm³/mol. The molecule has 0 unspecified atom stereocenters. The molecule has 0 atom stereocenters. The quantitative estimate of drug-likeness (QED) is 0.589. The lowest BCUT2D eigenvalue weighted by atomic mass is 9.90. The fourth-order valence-corrected chi connectivity index (χ4v) is 4.19. The molecule has 0 aliphatic heterocycles. The second-order valence-corrected chi connectivity index (χ2v) is 8.43. The number of rotatable bonds is 7. The minimum absolute atomic E-state index is 0.0490. The number of aryl methyl sites for hydroxylation is 2. The van der Waals surface area contributed by atoms with E-state index in [1.807, 2.05) is 6.92 Å². The van der Waals surface area contributed by atoms with Gasteiger partial charge in [-0.05, 0) is 24.8 Å². The molecule has 1 aromatic carbocycles. The summed E-state index contributed by atoms with van der Waals surface area (Å²) in [4.78, 5) is 25.7. The van der Waals surface area contributed by atoms with Crippen molar-refractivity contribution in [2.75, 3.05) is 11.9 Å². The molecule has 176 valence electrons. The first-order chi connectivity index (χ1) is 15.9. The van der Waals surface area contributed by atoms with Gasteiger partial charge >= 0.3 is 5.69 Å². The van der Waals surface area contributed by atoms with Gasteiger partial charge in [-0.1, -0.05) is 26.2 Å². The molecule has 1 aliphatic rings. The monoisotopic (exact) mass is 456 g/mol. The van der Waals surface area contributed by atoms with Crippen LogP contribution >= 0.6 is 0 Å². The van der Waals surface area contributed by atoms with Crippen LogP contribution in [0.2, 0.25) is 0 Å². The van der Waals surface area contributed by atoms with Crippen LogP contribution < -0.4 is 15.7 Å². The van der Waals surface area contributed by atoms with Crippen LogP contribution in [-0.4, -0.2) is 36.6 Å². The van der Waals surface area contributed by atoms with Crippen molar-refractivity contribution in [3.8, 4) is 11.4 Å². The molecule has 1 aliphatic carbocycles. The fourth-order valence-electron chi connectivity index (χ4n) is 4.19. The van der Waals surface area contributed by atoms with Crippen LogP contribution in [0.5, 0.6) is 5.75 Å². The van der Waals surface area contributed by atoms with Gasteiger partial charge < -0.3 is 10.1 Å². The van der Waals surface area contributed by atoms with Gasteiger partial charge in [0.2, 0.25) is 0 Å². The van der Waals surface area contributed by atoms with E-state index < -0.39 is 17.4 Å². The number of benzene rings is 1. The Kier molecular flexibility index (Phi) is 6.62. The molecule has 1 amide bonds. The Labute approximate surface area is 191 Å². The average molecular weight is 457 g/mol. The van der Waals surface area contributed by atoms with Crippen LogP contribution in [0.15, 0.2) is 29.2 Å². The van der Waals surface area contributed by atoms with E-state index in [-0.39, 0.29) is 17.0 Å². The molecular formula is C23H29FN6O3. The number of nitrogens with zero attached hydrogens (tertiary/aromatic N) is 5. The lowest BCUT2D eigenvalue weighted by Crippen LogP contribution is -2.24. The Morgan fingerprint density at radius 3 is 2.64 bits per heavy atom. The van der Waals surface area contributed by atoms with E-state index in [4.69, 9.17) is 4.74 Å². The number of hydrogen-bond donors (Lipinski definition) is 1. The highest BCUT2D eigenvalue weighted by atomic mass is 19.1. The van der Waals surface area contributed by atoms with Gasteiger partial charge in [0, 0.05) is 32.6 Å². The van der Waals surface area contributed by atoms with Gasteiger partial charge in [-0.25, -0.2) is 9.18 Å². The number of ether oxygens (including phenoxy) is 1. The van der Waals surface area contributed by atoms with Crippen LogP contribution in [0, 0.1) is 11.7 Å². The molecule has 1 fully saturated rings. The summed E-state index contributed by atoms with van der Waals surface area (Å²) in [6.07, 6.45) is 7.72. The Balaban J connectivity index is 1.71. The van der Waals surface area contributed by atoms with Crippen LogP contribution in [0.1, 0.15) is 55.2 Å². The van der Waals surface area contributed by atoms with Crippen molar-refractivity contribution in [3.63, 3.8) is 0 Å². The van der Waals surface area contributed by atoms with Gasteiger partial charge in [-0.2, -0.15) is 9.78 Å². The summed E-state index contributed by atoms with van der Waals surface area (Å²) in [6, 6.07) is 4.14. The van der Waals surface area contributed by atoms with Gasteiger partial charge in [0.15, 0.2) is 0 Å². The molecule has 10 heteroatoms. The van der Waals surface area contributed by atoms with Crippen LogP contribution in [0.25, 0.3) is 5.69 Å². The maximum Gasteiger partial charge on any atom is 0.350 e. The molecule has 0 bridgehead atoms. The molecule has 0 spiro atoms. The highest BCUT2D eigenvalue weighted by Gasteiger charge is 2.23. The van der Waals surface area contributed by atoms with E-state index >= 15 is 4.39 Å². The topological polar surface area (TPSA) is 96.0 Å². The standard InChI is InChI=1S/C23H29FN6O3/c1-4-20-27-30(23(32)28(20)2)18-13-19(33-14-15-8-6-5-7-9-15)16(12-17(18)24)22(31)26-21-10-11-25-29(21)3/h10-13,15H,4-9,14H2,1-3H3,(H,26,31). The zero-order chi connectivity index (χ0) is 23.5. The van der Waals surface area contributed by atoms with Gasteiger partial charge in [-0.15, -0.1) is 5.10 Å². The number of amides is 1. The summed E-state index contributed by atoms with van der Waals surface area (Å²) < 4.78 is 25.2. The summed E-state index contributed by atoms with van der Waals surface area (Å²) >= 11 is 0. The average Bonchev–Trinajstić information content (AvgIpc) is 3.35. The van der Waals surface area contributed by atoms with E-state index in [1.165, 1.54) is 21.7 Å². The number of nitrogens with one attached hydrogen (secondary N) is 1. The molecule has 33 heavy (non-hydrogen) atoms. The fraction of sp³-hybridized carbons (Fsp3) is 0.478. The van der Waals surface area contributed by atoms with Crippen molar-refractivity contribution in [3.05, 3.63) is 52.1 Å². The third-order valence-electron chi connectivity index (χ3n) is 6.17. The van der Waals surface area contributed by atoms with Gasteiger partial charge in [0.1, 0.15) is 28.9 Å². The van der Waals surface area contributed by atoms with E-state index in [2.05, 4.69) is 15.5 Å². The third kappa shape index (κ3) is 4.69. The number of halogens is 1. The van der Waals surface area contributed by atoms with Crippen molar-refractivity contribution < 1.29 is 13.9 Å². The first kappa shape index (κ1) is 22.8. The van der Waals surface area contributed by atoms with E-state index in [0.717, 1.165) is 36.4 Å². The SMILES string of the molecule is CCc1nn(-c2cc(OCC3CCCCC3)c(C(=O)Nc3ccnn3C)cc2F)c(=O)n1C. The molecular weight excluding hydrogens is 427 g/mol. The predicted octanol–water partition coefficient (Wildman–Crippen LogP) is 3.22. The summed E-state index contributed by atoms with van der Waals surface area (Å²) in [7, 11) is 3.29. The first-order valence-electron chi connectivity index (χ1n) is 11.3. The van der Waals surface area contributed by atoms with Crippen molar-refractivity contribution >= 4 is 11.7 Å². The van der Waals surface area contributed by atoms with Gasteiger partial charge in [-0.3, -0.25) is 14.0 Å².